The number of aromatic amines is 3. The fourth-order valence-corrected chi connectivity index (χ4v) is 8.50. The van der Waals surface area contributed by atoms with Gasteiger partial charge in [-0.05, 0) is 51.7 Å². The van der Waals surface area contributed by atoms with E-state index >= 15 is 0 Å². The van der Waals surface area contributed by atoms with Crippen LogP contribution in [0.1, 0.15) is 44.8 Å². The molecular weight excluding hydrogens is 749 g/mol. The Balaban J connectivity index is 0.000000151. The summed E-state index contributed by atoms with van der Waals surface area (Å²) in [4.78, 5) is 0. The van der Waals surface area contributed by atoms with E-state index in [1.165, 1.54) is 22.3 Å². The molecule has 0 fully saturated rings. The fourth-order valence-electron chi connectivity index (χ4n) is 7.98. The number of tetrazole rings is 1. The maximum atomic E-state index is 5.36. The standard InChI is InChI=1S/C23H20N4O2S.C21H18N6O/c1-28-17-10-8-16(9-11-17)23(15-6-4-3-5-7-15)13-12-18-19(14-23)24-25-20(18)21-22(29-2)27-30-26-21;1-28-16-9-7-15(8-10-16)21(14-5-3-2-4-6-14)12-11-17-18(13-21)22-23-19(17)20-24-26-27-25-20/h3-13H,14H2,1-2H3,(H,24,25);2-12H,13H2,1H3,(H,22,23)(H,24,25,26,27). The minimum absolute atomic E-state index is 0.304. The summed E-state index contributed by atoms with van der Waals surface area (Å²) in [5, 5.41) is 29.7. The van der Waals surface area contributed by atoms with Crippen molar-refractivity contribution < 1.29 is 14.2 Å². The van der Waals surface area contributed by atoms with Crippen LogP contribution in [-0.4, -0.2) is 71.1 Å². The maximum Gasteiger partial charge on any atom is 0.255 e. The van der Waals surface area contributed by atoms with E-state index < -0.39 is 0 Å². The number of rotatable bonds is 9. The van der Waals surface area contributed by atoms with E-state index in [0.717, 1.165) is 64.3 Å². The highest BCUT2D eigenvalue weighted by molar-refractivity contribution is 6.99. The van der Waals surface area contributed by atoms with Gasteiger partial charge in [0.15, 0.2) is 5.69 Å². The smallest absolute Gasteiger partial charge is 0.255 e. The largest absolute Gasteiger partial charge is 0.497 e. The van der Waals surface area contributed by atoms with Gasteiger partial charge >= 0.3 is 0 Å². The maximum absolute atomic E-state index is 5.36. The molecule has 2 aliphatic rings. The molecule has 0 saturated carbocycles. The van der Waals surface area contributed by atoms with E-state index in [4.69, 9.17) is 14.2 Å². The van der Waals surface area contributed by atoms with Gasteiger partial charge in [0.05, 0.1) is 33.1 Å². The number of allylic oxidation sites excluding steroid dienone is 2. The van der Waals surface area contributed by atoms with Crippen LogP contribution >= 0.6 is 11.7 Å². The van der Waals surface area contributed by atoms with Crippen LogP contribution in [0.2, 0.25) is 0 Å². The third-order valence-corrected chi connectivity index (χ3v) is 11.5. The SMILES string of the molecule is COc1ccc(C2(c3ccccc3)C=Cc3c(-c4nn[nH]n4)n[nH]c3C2)cc1.COc1ccc(C2(c3ccccc3)C=Cc3c(-c4nsnc4OC)n[nH]c3C2)cc1. The average Bonchev–Trinajstić information content (AvgIpc) is 4.14. The number of ether oxygens (including phenoxy) is 3. The molecule has 0 aliphatic heterocycles. The number of hydrogen-bond donors (Lipinski definition) is 3. The lowest BCUT2D eigenvalue weighted by Gasteiger charge is -2.34. The van der Waals surface area contributed by atoms with Crippen molar-refractivity contribution in [2.75, 3.05) is 21.3 Å². The van der Waals surface area contributed by atoms with Crippen molar-refractivity contribution in [2.24, 2.45) is 0 Å². The highest BCUT2D eigenvalue weighted by atomic mass is 32.1. The molecule has 58 heavy (non-hydrogen) atoms. The van der Waals surface area contributed by atoms with E-state index in [-0.39, 0.29) is 10.8 Å². The first-order chi connectivity index (χ1) is 28.5. The molecule has 13 nitrogen and oxygen atoms in total. The van der Waals surface area contributed by atoms with Crippen molar-refractivity contribution in [3.63, 3.8) is 0 Å². The Labute approximate surface area is 338 Å². The molecule has 10 rings (SSSR count). The number of nitrogens with zero attached hydrogens (tertiary/aromatic N) is 7. The second-order valence-corrected chi connectivity index (χ2v) is 14.5. The van der Waals surface area contributed by atoms with Gasteiger partial charge in [-0.15, -0.1) is 14.6 Å². The Morgan fingerprint density at radius 1 is 0.534 bits per heavy atom. The summed E-state index contributed by atoms with van der Waals surface area (Å²) in [7, 11) is 4.96. The lowest BCUT2D eigenvalue weighted by molar-refractivity contribution is 0.403. The summed E-state index contributed by atoms with van der Waals surface area (Å²) in [6.07, 6.45) is 10.2. The zero-order valence-corrected chi connectivity index (χ0v) is 32.7. The van der Waals surface area contributed by atoms with Crippen LogP contribution in [0, 0.1) is 0 Å². The van der Waals surface area contributed by atoms with Crippen LogP contribution in [0.15, 0.2) is 121 Å². The number of hydrogen-bond acceptors (Lipinski definition) is 11. The number of benzene rings is 4. The quantitative estimate of drug-likeness (QED) is 0.132. The van der Waals surface area contributed by atoms with Crippen molar-refractivity contribution in [1.82, 2.24) is 49.8 Å². The van der Waals surface area contributed by atoms with E-state index in [9.17, 15) is 0 Å². The third-order valence-electron chi connectivity index (χ3n) is 11.0. The molecular formula is C44H38N10O3S. The molecule has 4 aromatic carbocycles. The molecule has 0 radical (unpaired) electrons. The van der Waals surface area contributed by atoms with Gasteiger partial charge in [-0.2, -0.15) is 19.8 Å². The summed E-state index contributed by atoms with van der Waals surface area (Å²) in [6, 6.07) is 37.6. The Hall–Kier alpha value is -7.19. The Morgan fingerprint density at radius 2 is 1.03 bits per heavy atom. The van der Waals surface area contributed by atoms with Crippen LogP contribution < -0.4 is 14.2 Å². The van der Waals surface area contributed by atoms with Crippen molar-refractivity contribution >= 4 is 23.9 Å². The monoisotopic (exact) mass is 786 g/mol. The third kappa shape index (κ3) is 6.42. The van der Waals surface area contributed by atoms with Gasteiger partial charge in [0.2, 0.25) is 5.82 Å². The highest BCUT2D eigenvalue weighted by Crippen LogP contribution is 2.45. The van der Waals surface area contributed by atoms with Crippen LogP contribution in [0.3, 0.4) is 0 Å². The molecule has 0 bridgehead atoms. The normalized spacial score (nSPS) is 17.8. The summed E-state index contributed by atoms with van der Waals surface area (Å²) in [5.41, 5.74) is 10.5. The lowest BCUT2D eigenvalue weighted by atomic mass is 9.68. The van der Waals surface area contributed by atoms with Gasteiger partial charge in [-0.25, -0.2) is 0 Å². The first-order valence-corrected chi connectivity index (χ1v) is 19.3. The molecule has 3 N–H and O–H groups in total. The molecule has 0 amide bonds. The molecule has 14 heteroatoms. The summed E-state index contributed by atoms with van der Waals surface area (Å²) in [6.45, 7) is 0. The van der Waals surface area contributed by atoms with Crippen molar-refractivity contribution in [3.8, 4) is 40.3 Å². The minimum atomic E-state index is -0.311. The van der Waals surface area contributed by atoms with Crippen LogP contribution in [0.25, 0.3) is 35.1 Å². The van der Waals surface area contributed by atoms with Gasteiger partial charge in [-0.1, -0.05) is 109 Å². The molecule has 0 spiro atoms. The van der Waals surface area contributed by atoms with E-state index in [2.05, 4.69) is 147 Å². The predicted octanol–water partition coefficient (Wildman–Crippen LogP) is 7.66. The second-order valence-electron chi connectivity index (χ2n) is 13.9. The van der Waals surface area contributed by atoms with Gasteiger partial charge in [0, 0.05) is 46.2 Å². The van der Waals surface area contributed by atoms with Gasteiger partial charge < -0.3 is 14.2 Å². The fraction of sp³-hybridized carbons (Fsp3) is 0.159. The van der Waals surface area contributed by atoms with E-state index in [1.807, 2.05) is 36.4 Å². The second kappa shape index (κ2) is 15.4. The zero-order valence-electron chi connectivity index (χ0n) is 31.9. The first kappa shape index (κ1) is 36.4. The topological polar surface area (TPSA) is 165 Å². The number of nitrogens with one attached hydrogen (secondary N) is 3. The van der Waals surface area contributed by atoms with Crippen molar-refractivity contribution in [3.05, 3.63) is 166 Å². The molecule has 4 aromatic heterocycles. The predicted molar refractivity (Wildman–Crippen MR) is 222 cm³/mol. The molecule has 0 saturated heterocycles. The summed E-state index contributed by atoms with van der Waals surface area (Å²) >= 11 is 1.12. The van der Waals surface area contributed by atoms with Gasteiger partial charge in [0.25, 0.3) is 5.88 Å². The van der Waals surface area contributed by atoms with E-state index in [1.54, 1.807) is 21.3 Å². The van der Waals surface area contributed by atoms with Crippen LogP contribution in [-0.2, 0) is 23.7 Å². The van der Waals surface area contributed by atoms with Crippen molar-refractivity contribution in [2.45, 2.75) is 23.7 Å². The van der Waals surface area contributed by atoms with Crippen LogP contribution in [0.5, 0.6) is 17.4 Å². The summed E-state index contributed by atoms with van der Waals surface area (Å²) < 4.78 is 24.6. The Bertz CT molecular complexity index is 2690. The lowest BCUT2D eigenvalue weighted by Crippen LogP contribution is -2.30. The van der Waals surface area contributed by atoms with Gasteiger partial charge in [0.1, 0.15) is 22.9 Å². The number of methoxy groups -OCH3 is 3. The molecule has 2 unspecified atom stereocenters. The molecule has 4 heterocycles. The Morgan fingerprint density at radius 3 is 1.52 bits per heavy atom. The summed E-state index contributed by atoms with van der Waals surface area (Å²) in [5.74, 6) is 2.67. The van der Waals surface area contributed by atoms with Crippen LogP contribution in [0.4, 0.5) is 0 Å². The minimum Gasteiger partial charge on any atom is -0.497 e. The van der Waals surface area contributed by atoms with Crippen molar-refractivity contribution in [1.29, 1.82) is 0 Å². The number of H-pyrrole nitrogens is 3. The first-order valence-electron chi connectivity index (χ1n) is 18.6. The molecule has 8 aromatic rings. The Kier molecular flexibility index (Phi) is 9.67. The van der Waals surface area contributed by atoms with E-state index in [0.29, 0.717) is 23.1 Å². The zero-order chi connectivity index (χ0) is 39.5. The molecule has 288 valence electrons. The number of aromatic nitrogens is 10. The number of fused-ring (bicyclic) bond motifs is 2. The average molecular weight is 787 g/mol. The van der Waals surface area contributed by atoms with Gasteiger partial charge in [-0.3, -0.25) is 10.2 Å². The molecule has 2 aliphatic carbocycles. The highest BCUT2D eigenvalue weighted by Gasteiger charge is 2.38. The molecule has 2 atom stereocenters.